The largest absolute Gasteiger partial charge is 0.508 e. The van der Waals surface area contributed by atoms with E-state index in [0.29, 0.717) is 57.5 Å². The van der Waals surface area contributed by atoms with Gasteiger partial charge in [0.25, 0.3) is 0 Å². The maximum atomic E-state index is 11.9. The van der Waals surface area contributed by atoms with Gasteiger partial charge < -0.3 is 57.6 Å². The van der Waals surface area contributed by atoms with Gasteiger partial charge in [-0.1, -0.05) is 187 Å². The monoisotopic (exact) mass is 1930 g/mol. The summed E-state index contributed by atoms with van der Waals surface area (Å²) in [6.07, 6.45) is 11.3. The van der Waals surface area contributed by atoms with Crippen molar-refractivity contribution in [3.63, 3.8) is 0 Å². The van der Waals surface area contributed by atoms with E-state index in [0.717, 1.165) is 217 Å². The zero-order valence-corrected chi connectivity index (χ0v) is 83.7. The number of hydrogen-bond acceptors (Lipinski definition) is 22. The van der Waals surface area contributed by atoms with Crippen LogP contribution in [0.5, 0.6) is 69.0 Å². The van der Waals surface area contributed by atoms with Crippen LogP contribution in [-0.2, 0) is 47.9 Å². The molecule has 22 nitrogen and oxygen atoms in total. The van der Waals surface area contributed by atoms with Crippen molar-refractivity contribution < 1.29 is 106 Å². The van der Waals surface area contributed by atoms with E-state index >= 15 is 0 Å². The third-order valence-corrected chi connectivity index (χ3v) is 23.4. The van der Waals surface area contributed by atoms with Gasteiger partial charge in [0.1, 0.15) is 69.0 Å². The molecule has 0 fully saturated rings. The SMILES string of the molecule is C=CC(=O)Oc1c(C)cc(C(c2ccc(O)cc2)c2cc(C)c(OC(=O)C=C)c(C)c2)cc1C.C=CC(=O)Oc1cc(C)c(C(c2ccc(O)cc2)c2cc(C)c(OC(=O)C=C)cc2C)cc1C.C=CC(=O)Oc1ccc(C(c2cc(C)c(OC(=O)C=C)c(C)c2)c2cc(C)c(OC(=O)C=C)c(C)c2)cc1.C=CC(=O)Oc1ccc(C(c2cc(C)c(OC(=O)C=C)cc2C)c2cc(C)c(OC(=O)C=C)cc2C)cc1. The minimum atomic E-state index is -0.541. The number of phenolic OH excluding ortho intramolecular Hbond substituents is 2. The summed E-state index contributed by atoms with van der Waals surface area (Å²) >= 11 is 0. The van der Waals surface area contributed by atoms with Gasteiger partial charge in [-0.05, 0) is 339 Å². The fourth-order valence-corrected chi connectivity index (χ4v) is 16.7. The lowest BCUT2D eigenvalue weighted by Crippen LogP contribution is -2.11. The van der Waals surface area contributed by atoms with Crippen LogP contribution in [0.1, 0.15) is 179 Å². The number of hydrogen-bond donors (Lipinski definition) is 2. The summed E-state index contributed by atoms with van der Waals surface area (Å²) in [6.45, 7) is 65.0. The van der Waals surface area contributed by atoms with Crippen LogP contribution >= 0.6 is 0 Å². The Morgan fingerprint density at radius 2 is 0.347 bits per heavy atom. The smallest absolute Gasteiger partial charge is 0.335 e. The molecule has 22 heteroatoms. The van der Waals surface area contributed by atoms with Crippen molar-refractivity contribution in [2.24, 2.45) is 0 Å². The molecule has 0 aliphatic heterocycles. The highest BCUT2D eigenvalue weighted by Crippen LogP contribution is 2.46. The van der Waals surface area contributed by atoms with Gasteiger partial charge in [-0.3, -0.25) is 0 Å². The van der Waals surface area contributed by atoms with E-state index in [2.05, 4.69) is 65.8 Å². The van der Waals surface area contributed by atoms with Gasteiger partial charge in [0.15, 0.2) is 0 Å². The van der Waals surface area contributed by atoms with Crippen molar-refractivity contribution >= 4 is 59.7 Å². The topological polar surface area (TPSA) is 303 Å². The number of rotatable bonds is 32. The molecule has 0 aromatic heterocycles. The molecule has 0 heterocycles. The van der Waals surface area contributed by atoms with Crippen molar-refractivity contribution in [3.05, 3.63) is 476 Å². The van der Waals surface area contributed by atoms with Crippen LogP contribution < -0.4 is 47.4 Å². The summed E-state index contributed by atoms with van der Waals surface area (Å²) in [5.41, 5.74) is 25.1. The van der Waals surface area contributed by atoms with Gasteiger partial charge in [0, 0.05) is 84.4 Å². The Balaban J connectivity index is 0.000000214. The third-order valence-electron chi connectivity index (χ3n) is 23.4. The second kappa shape index (κ2) is 50.3. The number of benzene rings is 12. The third kappa shape index (κ3) is 28.3. The van der Waals surface area contributed by atoms with Crippen LogP contribution in [-0.4, -0.2) is 69.9 Å². The molecule has 0 spiro atoms. The normalized spacial score (nSPS) is 10.5. The summed E-state index contributed by atoms with van der Waals surface area (Å²) in [6, 6.07) is 59.9. The number of esters is 10. The number of aromatic hydroxyl groups is 2. The number of phenols is 2. The van der Waals surface area contributed by atoms with E-state index in [1.807, 2.05) is 256 Å². The molecule has 0 saturated heterocycles. The summed E-state index contributed by atoms with van der Waals surface area (Å²) in [5.74, 6) is -1.01. The van der Waals surface area contributed by atoms with Gasteiger partial charge in [0.05, 0.1) is 0 Å². The standard InChI is InChI=1S/2C32H30O6.2C29H28O5/c1-8-29(33)36-24-13-11-23(12-14-24)32(25-15-21(6)27(17-19(25)4)37-30(34)9-2)26-16-22(7)28(18-20(26)5)38-31(35)10-3;1-8-27(33)36-26-13-11-23(12-14-26)30(24-15-19(4)31(20(5)16-24)37-28(34)9-2)25-17-21(6)32(22(7)18-25)38-29(35)10-3;1-7-27(31)33-25-15-17(3)23(13-19(25)5)29(21-9-11-22(30)12-10-21)24-14-20(6)26(16-18(24)4)34-28(32)8-2;1-7-25(31)33-28-17(3)13-22(14-18(28)4)27(21-9-11-24(30)12-10-21)23-15-19(5)29(20(6)16-23)34-26(32)8-2/h8-18,32H,1-3H2,4-7H3;8-18,30H,1-3H2,4-7H3;7-16,29-30H,1-2H2,3-6H3;7-16,27,30H,1-2H2,3-6H3. The molecule has 0 bridgehead atoms. The molecular formula is C122H116O22. The molecule has 0 saturated carbocycles. The molecule has 0 radical (unpaired) electrons. The van der Waals surface area contributed by atoms with Crippen LogP contribution in [0.2, 0.25) is 0 Å². The van der Waals surface area contributed by atoms with Gasteiger partial charge in [-0.25, -0.2) is 47.9 Å². The Bertz CT molecular complexity index is 6680. The zero-order chi connectivity index (χ0) is 106. The Kier molecular flexibility index (Phi) is 38.4. The zero-order valence-electron chi connectivity index (χ0n) is 83.7. The molecule has 144 heavy (non-hydrogen) atoms. The Morgan fingerprint density at radius 3 is 0.528 bits per heavy atom. The number of carbonyl (C=O) groups is 10. The fraction of sp³-hybridized carbons (Fsp3) is 0.164. The first kappa shape index (κ1) is 110. The minimum absolute atomic E-state index is 0.175. The average molecular weight is 1930 g/mol. The first-order valence-electron chi connectivity index (χ1n) is 45.5. The van der Waals surface area contributed by atoms with Crippen LogP contribution in [0.3, 0.4) is 0 Å². The Hall–Kier alpha value is -17.7. The molecule has 0 aliphatic rings. The van der Waals surface area contributed by atoms with Crippen molar-refractivity contribution in [1.29, 1.82) is 0 Å². The van der Waals surface area contributed by atoms with Crippen molar-refractivity contribution in [3.8, 4) is 69.0 Å². The van der Waals surface area contributed by atoms with E-state index in [1.54, 1.807) is 48.5 Å². The van der Waals surface area contributed by atoms with Crippen molar-refractivity contribution in [2.45, 2.75) is 134 Å². The van der Waals surface area contributed by atoms with Gasteiger partial charge in [-0.2, -0.15) is 0 Å². The molecule has 736 valence electrons. The predicted molar refractivity (Wildman–Crippen MR) is 559 cm³/mol. The minimum Gasteiger partial charge on any atom is -0.508 e. The number of carbonyl (C=O) groups excluding carboxylic acids is 10. The van der Waals surface area contributed by atoms with Crippen molar-refractivity contribution in [2.75, 3.05) is 0 Å². The fourth-order valence-electron chi connectivity index (χ4n) is 16.7. The molecule has 0 amide bonds. The van der Waals surface area contributed by atoms with Gasteiger partial charge in [0.2, 0.25) is 0 Å². The molecular weight excluding hydrogens is 1820 g/mol. The van der Waals surface area contributed by atoms with Crippen molar-refractivity contribution in [1.82, 2.24) is 0 Å². The summed E-state index contributed by atoms with van der Waals surface area (Å²) in [7, 11) is 0. The second-order valence-electron chi connectivity index (χ2n) is 34.1. The summed E-state index contributed by atoms with van der Waals surface area (Å²) in [4.78, 5) is 118. The van der Waals surface area contributed by atoms with Crippen LogP contribution in [0.4, 0.5) is 0 Å². The Labute approximate surface area is 840 Å². The molecule has 12 aromatic carbocycles. The van der Waals surface area contributed by atoms with E-state index in [1.165, 1.54) is 0 Å². The van der Waals surface area contributed by atoms with Gasteiger partial charge >= 0.3 is 59.7 Å². The molecule has 12 aromatic rings. The maximum Gasteiger partial charge on any atom is 0.335 e. The van der Waals surface area contributed by atoms with E-state index < -0.39 is 59.7 Å². The molecule has 12 rings (SSSR count). The van der Waals surface area contributed by atoms with Crippen LogP contribution in [0.25, 0.3) is 0 Å². The second-order valence-corrected chi connectivity index (χ2v) is 34.1. The first-order valence-corrected chi connectivity index (χ1v) is 45.5. The highest BCUT2D eigenvalue weighted by Gasteiger charge is 2.30. The predicted octanol–water partition coefficient (Wildman–Crippen LogP) is 24.7. The van der Waals surface area contributed by atoms with E-state index in [9.17, 15) is 58.2 Å². The maximum absolute atomic E-state index is 11.9. The van der Waals surface area contributed by atoms with Crippen LogP contribution in [0, 0.1) is 111 Å². The number of ether oxygens (including phenoxy) is 10. The van der Waals surface area contributed by atoms with Crippen LogP contribution in [0.15, 0.2) is 321 Å². The summed E-state index contributed by atoms with van der Waals surface area (Å²) < 4.78 is 53.9. The van der Waals surface area contributed by atoms with Gasteiger partial charge in [-0.15, -0.1) is 0 Å². The molecule has 0 atom stereocenters. The lowest BCUT2D eigenvalue weighted by atomic mass is 9.80. The number of aryl methyl sites for hydroxylation is 16. The average Bonchev–Trinajstić information content (AvgIpc) is 0.761. The molecule has 0 aliphatic carbocycles. The first-order chi connectivity index (χ1) is 68.4. The quantitative estimate of drug-likeness (QED) is 0.0171. The lowest BCUT2D eigenvalue weighted by molar-refractivity contribution is -0.129. The Morgan fingerprint density at radius 1 is 0.188 bits per heavy atom. The lowest BCUT2D eigenvalue weighted by Gasteiger charge is -2.25. The highest BCUT2D eigenvalue weighted by atomic mass is 16.6. The van der Waals surface area contributed by atoms with E-state index in [4.69, 9.17) is 47.4 Å². The summed E-state index contributed by atoms with van der Waals surface area (Å²) in [5, 5.41) is 19.7. The molecule has 0 unspecified atom stereocenters. The highest BCUT2D eigenvalue weighted by molar-refractivity contribution is 5.89. The van der Waals surface area contributed by atoms with E-state index in [-0.39, 0.29) is 35.2 Å². The molecule has 2 N–H and O–H groups in total.